The van der Waals surface area contributed by atoms with Gasteiger partial charge < -0.3 is 5.11 Å². The van der Waals surface area contributed by atoms with E-state index in [1.165, 1.54) is 22.5 Å². The Kier molecular flexibility index (Phi) is 4.12. The fourth-order valence-electron chi connectivity index (χ4n) is 2.87. The second kappa shape index (κ2) is 5.94. The molecule has 0 spiro atoms. The van der Waals surface area contributed by atoms with E-state index in [4.69, 9.17) is 0 Å². The lowest BCUT2D eigenvalue weighted by atomic mass is 10.0. The number of aliphatic hydroxyl groups excluding tert-OH is 1. The molecule has 0 fully saturated rings. The van der Waals surface area contributed by atoms with Crippen molar-refractivity contribution in [3.63, 3.8) is 0 Å². The van der Waals surface area contributed by atoms with Crippen molar-refractivity contribution in [3.05, 3.63) is 65.0 Å². The van der Waals surface area contributed by atoms with E-state index in [0.29, 0.717) is 11.3 Å². The van der Waals surface area contributed by atoms with Gasteiger partial charge >= 0.3 is 0 Å². The molecule has 0 aliphatic carbocycles. The fraction of sp³-hybridized carbons (Fsp3) is 0.294. The van der Waals surface area contributed by atoms with Gasteiger partial charge in [0.25, 0.3) is 0 Å². The summed E-state index contributed by atoms with van der Waals surface area (Å²) in [6.07, 6.45) is -0.589. The third kappa shape index (κ3) is 3.09. The van der Waals surface area contributed by atoms with Crippen LogP contribution in [0, 0.1) is 12.7 Å². The van der Waals surface area contributed by atoms with Crippen LogP contribution in [0.1, 0.15) is 29.2 Å². The summed E-state index contributed by atoms with van der Waals surface area (Å²) in [5.74, 6) is -0.604. The van der Waals surface area contributed by atoms with Gasteiger partial charge in [-0.25, -0.2) is 12.8 Å². The van der Waals surface area contributed by atoms with Gasteiger partial charge in [0.05, 0.1) is 17.5 Å². The summed E-state index contributed by atoms with van der Waals surface area (Å²) in [4.78, 5) is 0. The number of rotatable bonds is 3. The van der Waals surface area contributed by atoms with Crippen LogP contribution in [0.2, 0.25) is 0 Å². The van der Waals surface area contributed by atoms with Gasteiger partial charge in [-0.1, -0.05) is 24.3 Å². The first-order chi connectivity index (χ1) is 10.9. The number of fused-ring (bicyclic) bond motifs is 1. The fourth-order valence-corrected chi connectivity index (χ4v) is 4.59. The predicted octanol–water partition coefficient (Wildman–Crippen LogP) is 2.91. The maximum Gasteiger partial charge on any atom is 0.239 e. The lowest BCUT2D eigenvalue weighted by molar-refractivity contribution is 0.166. The van der Waals surface area contributed by atoms with Crippen LogP contribution in [0.25, 0.3) is 0 Å². The summed E-state index contributed by atoms with van der Waals surface area (Å²) >= 11 is 0. The predicted molar refractivity (Wildman–Crippen MR) is 87.1 cm³/mol. The molecule has 0 saturated carbocycles. The van der Waals surface area contributed by atoms with Crippen LogP contribution < -0.4 is 4.31 Å². The minimum atomic E-state index is -3.61. The van der Waals surface area contributed by atoms with Crippen molar-refractivity contribution in [2.45, 2.75) is 25.2 Å². The molecular weight excluding hydrogens is 317 g/mol. The van der Waals surface area contributed by atoms with Crippen molar-refractivity contribution >= 4 is 15.7 Å². The molecular formula is C17H18FNO3S. The SMILES string of the molecule is Cc1ccccc1CS(=O)(=O)N1CCC(O)c2cc(F)ccc21. The number of halogens is 1. The second-order valence-electron chi connectivity index (χ2n) is 5.76. The lowest BCUT2D eigenvalue weighted by Crippen LogP contribution is -2.37. The molecule has 1 aliphatic heterocycles. The van der Waals surface area contributed by atoms with Crippen LogP contribution >= 0.6 is 0 Å². The first-order valence-electron chi connectivity index (χ1n) is 7.41. The largest absolute Gasteiger partial charge is 0.388 e. The Morgan fingerprint density at radius 1 is 1.26 bits per heavy atom. The number of nitrogens with zero attached hydrogens (tertiary/aromatic N) is 1. The van der Waals surface area contributed by atoms with E-state index in [9.17, 15) is 17.9 Å². The summed E-state index contributed by atoms with van der Waals surface area (Å²) in [5.41, 5.74) is 2.33. The van der Waals surface area contributed by atoms with E-state index in [-0.39, 0.29) is 18.7 Å². The average Bonchev–Trinajstić information content (AvgIpc) is 2.50. The molecule has 0 radical (unpaired) electrons. The molecule has 2 aromatic carbocycles. The Morgan fingerprint density at radius 3 is 2.74 bits per heavy atom. The quantitative estimate of drug-likeness (QED) is 0.938. The number of aliphatic hydroxyl groups is 1. The van der Waals surface area contributed by atoms with Crippen molar-refractivity contribution < 1.29 is 17.9 Å². The Hall–Kier alpha value is -1.92. The maximum absolute atomic E-state index is 13.4. The first-order valence-corrected chi connectivity index (χ1v) is 9.02. The Morgan fingerprint density at radius 2 is 2.00 bits per heavy atom. The summed E-state index contributed by atoms with van der Waals surface area (Å²) in [5, 5.41) is 10.0. The number of sulfonamides is 1. The monoisotopic (exact) mass is 335 g/mol. The highest BCUT2D eigenvalue weighted by atomic mass is 32.2. The van der Waals surface area contributed by atoms with Gasteiger partial charge in [-0.3, -0.25) is 4.31 Å². The van der Waals surface area contributed by atoms with Gasteiger partial charge in [0.15, 0.2) is 0 Å². The molecule has 3 rings (SSSR count). The van der Waals surface area contributed by atoms with Gasteiger partial charge in [0.1, 0.15) is 5.82 Å². The van der Waals surface area contributed by atoms with Gasteiger partial charge in [0.2, 0.25) is 10.0 Å². The number of aryl methyl sites for hydroxylation is 1. The number of hydrogen-bond acceptors (Lipinski definition) is 3. The van der Waals surface area contributed by atoms with E-state index in [0.717, 1.165) is 11.1 Å². The van der Waals surface area contributed by atoms with E-state index >= 15 is 0 Å². The molecule has 4 nitrogen and oxygen atoms in total. The van der Waals surface area contributed by atoms with Crippen molar-refractivity contribution in [2.24, 2.45) is 0 Å². The first kappa shape index (κ1) is 16.0. The molecule has 1 atom stereocenters. The van der Waals surface area contributed by atoms with E-state index in [2.05, 4.69) is 0 Å². The van der Waals surface area contributed by atoms with Crippen molar-refractivity contribution in [3.8, 4) is 0 Å². The summed E-state index contributed by atoms with van der Waals surface area (Å²) in [7, 11) is -3.61. The maximum atomic E-state index is 13.4. The second-order valence-corrected chi connectivity index (χ2v) is 7.66. The van der Waals surface area contributed by atoms with Crippen LogP contribution in [0.5, 0.6) is 0 Å². The number of anilines is 1. The van der Waals surface area contributed by atoms with Gasteiger partial charge in [-0.05, 0) is 42.7 Å². The molecule has 122 valence electrons. The molecule has 23 heavy (non-hydrogen) atoms. The zero-order valence-corrected chi connectivity index (χ0v) is 13.6. The smallest absolute Gasteiger partial charge is 0.239 e. The molecule has 1 unspecified atom stereocenters. The van der Waals surface area contributed by atoms with E-state index in [1.54, 1.807) is 12.1 Å². The van der Waals surface area contributed by atoms with Crippen LogP contribution in [-0.2, 0) is 15.8 Å². The zero-order valence-electron chi connectivity index (χ0n) is 12.7. The molecule has 6 heteroatoms. The Balaban J connectivity index is 1.99. The van der Waals surface area contributed by atoms with Gasteiger partial charge in [0, 0.05) is 12.1 Å². The highest BCUT2D eigenvalue weighted by Gasteiger charge is 2.31. The van der Waals surface area contributed by atoms with Crippen LogP contribution in [0.4, 0.5) is 10.1 Å². The van der Waals surface area contributed by atoms with Crippen LogP contribution in [-0.4, -0.2) is 20.1 Å². The normalized spacial score (nSPS) is 17.9. The molecule has 1 N–H and O–H groups in total. The lowest BCUT2D eigenvalue weighted by Gasteiger charge is -2.33. The Bertz CT molecular complexity index is 835. The topological polar surface area (TPSA) is 57.6 Å². The summed E-state index contributed by atoms with van der Waals surface area (Å²) in [6, 6.07) is 11.2. The molecule has 0 aromatic heterocycles. The number of benzene rings is 2. The molecule has 0 bridgehead atoms. The van der Waals surface area contributed by atoms with Crippen LogP contribution in [0.3, 0.4) is 0 Å². The summed E-state index contributed by atoms with van der Waals surface area (Å²) in [6.45, 7) is 2.06. The highest BCUT2D eigenvalue weighted by Crippen LogP contribution is 2.36. The van der Waals surface area contributed by atoms with Crippen molar-refractivity contribution in [2.75, 3.05) is 10.8 Å². The zero-order chi connectivity index (χ0) is 16.6. The van der Waals surface area contributed by atoms with E-state index < -0.39 is 21.9 Å². The van der Waals surface area contributed by atoms with Crippen LogP contribution in [0.15, 0.2) is 42.5 Å². The number of hydrogen-bond donors (Lipinski definition) is 1. The molecule has 0 amide bonds. The summed E-state index contributed by atoms with van der Waals surface area (Å²) < 4.78 is 40.3. The minimum Gasteiger partial charge on any atom is -0.388 e. The third-order valence-electron chi connectivity index (χ3n) is 4.16. The van der Waals surface area contributed by atoms with E-state index in [1.807, 2.05) is 19.1 Å². The highest BCUT2D eigenvalue weighted by molar-refractivity contribution is 7.92. The molecule has 1 aliphatic rings. The molecule has 1 heterocycles. The Labute approximate surface area is 135 Å². The third-order valence-corrected chi connectivity index (χ3v) is 5.88. The minimum absolute atomic E-state index is 0.118. The van der Waals surface area contributed by atoms with Crippen molar-refractivity contribution in [1.29, 1.82) is 0 Å². The van der Waals surface area contributed by atoms with Crippen molar-refractivity contribution in [1.82, 2.24) is 0 Å². The molecule has 0 saturated heterocycles. The average molecular weight is 335 g/mol. The van der Waals surface area contributed by atoms with Gasteiger partial charge in [-0.2, -0.15) is 0 Å². The molecule has 2 aromatic rings. The van der Waals surface area contributed by atoms with Gasteiger partial charge in [-0.15, -0.1) is 0 Å². The standard InChI is InChI=1S/C17H18FNO3S/c1-12-4-2-3-5-13(12)11-23(21,22)19-9-8-17(20)15-10-14(18)6-7-16(15)19/h2-7,10,17,20H,8-9,11H2,1H3.